The van der Waals surface area contributed by atoms with E-state index in [2.05, 4.69) is 19.2 Å². The topological polar surface area (TPSA) is 142 Å². The Bertz CT molecular complexity index is 138. The van der Waals surface area contributed by atoms with Gasteiger partial charge < -0.3 is 30.6 Å². The molecule has 0 saturated heterocycles. The third-order valence-electron chi connectivity index (χ3n) is 1.41. The Hall–Kier alpha value is -0.0100. The van der Waals surface area contributed by atoms with Crippen LogP contribution in [0.5, 0.6) is 0 Å². The van der Waals surface area contributed by atoms with Crippen LogP contribution in [0, 0.1) is 0 Å². The van der Waals surface area contributed by atoms with Crippen molar-refractivity contribution in [3.8, 4) is 0 Å². The van der Waals surface area contributed by atoms with Crippen molar-refractivity contribution in [1.29, 1.82) is 0 Å². The Morgan fingerprint density at radius 2 is 1.18 bits per heavy atom. The zero-order valence-corrected chi connectivity index (χ0v) is 11.8. The summed E-state index contributed by atoms with van der Waals surface area (Å²) in [5.74, 6) is 0. The highest BCUT2D eigenvalue weighted by Gasteiger charge is 2.00. The number of aliphatic hydroxyl groups is 1. The highest BCUT2D eigenvalue weighted by molar-refractivity contribution is 7.45. The van der Waals surface area contributed by atoms with Gasteiger partial charge in [0.25, 0.3) is 0 Å². The molecule has 0 unspecified atom stereocenters. The van der Waals surface area contributed by atoms with Gasteiger partial charge in [-0.15, -0.1) is 0 Å². The number of nitrogens with one attached hydrogen (secondary N) is 1. The predicted molar refractivity (Wildman–Crippen MR) is 68.7 cm³/mol. The lowest BCUT2D eigenvalue weighted by molar-refractivity contribution is 0.275. The largest absolute Gasteiger partial charge is 0.466 e. The summed E-state index contributed by atoms with van der Waals surface area (Å²) in [6.07, 6.45) is 5.26. The van der Waals surface area contributed by atoms with Crippen LogP contribution in [0.1, 0.15) is 39.5 Å². The molecular weight excluding hydrogens is 249 g/mol. The van der Waals surface area contributed by atoms with Gasteiger partial charge in [0, 0.05) is 7.11 Å². The van der Waals surface area contributed by atoms with Gasteiger partial charge in [-0.1, -0.05) is 26.7 Å². The smallest absolute Gasteiger partial charge is 0.412 e. The first-order valence-electron chi connectivity index (χ1n) is 5.35. The maximum absolute atomic E-state index is 8.88. The highest BCUT2D eigenvalue weighted by Crippen LogP contribution is 2.25. The average Bonchev–Trinajstić information content (AvgIpc) is 2.18. The van der Waals surface area contributed by atoms with Gasteiger partial charge >= 0.3 is 7.82 Å². The molecule has 0 radical (unpaired) electrons. The fourth-order valence-electron chi connectivity index (χ4n) is 0.729. The number of hydrogen-bond acceptors (Lipinski definition) is 3. The summed E-state index contributed by atoms with van der Waals surface area (Å²) in [4.78, 5) is 21.6. The molecule has 0 amide bonds. The summed E-state index contributed by atoms with van der Waals surface area (Å²) in [7, 11) is -3.64. The second kappa shape index (κ2) is 21.3. The molecule has 8 heteroatoms. The normalized spacial score (nSPS) is 9.12. The van der Waals surface area contributed by atoms with Crippen molar-refractivity contribution >= 4 is 7.82 Å². The van der Waals surface area contributed by atoms with E-state index in [9.17, 15) is 0 Å². The van der Waals surface area contributed by atoms with Gasteiger partial charge in [0.15, 0.2) is 0 Å². The van der Waals surface area contributed by atoms with Crippen LogP contribution in [0.3, 0.4) is 0 Å². The van der Waals surface area contributed by atoms with Gasteiger partial charge in [-0.3, -0.25) is 0 Å². The first kappa shape index (κ1) is 25.7. The molecule has 0 atom stereocenters. The number of rotatable bonds is 6. The summed E-state index contributed by atoms with van der Waals surface area (Å²) in [6, 6.07) is 0. The van der Waals surface area contributed by atoms with E-state index in [1.807, 2.05) is 0 Å². The van der Waals surface area contributed by atoms with Crippen LogP contribution in [0.15, 0.2) is 0 Å². The Morgan fingerprint density at radius 1 is 0.941 bits per heavy atom. The number of phosphoric acid groups is 1. The lowest BCUT2D eigenvalue weighted by Crippen LogP contribution is -2.15. The molecule has 110 valence electrons. The number of aliphatic hydroxyl groups excluding tert-OH is 1. The molecule has 0 rings (SSSR count). The minimum absolute atomic E-state index is 0. The monoisotopic (exact) mass is 277 g/mol. The summed E-state index contributed by atoms with van der Waals surface area (Å²) >= 11 is 0. The molecule has 17 heavy (non-hydrogen) atoms. The van der Waals surface area contributed by atoms with Crippen LogP contribution in [-0.4, -0.2) is 45.5 Å². The number of hydrogen-bond donors (Lipinski definition) is 5. The quantitative estimate of drug-likeness (QED) is 0.342. The van der Waals surface area contributed by atoms with Crippen LogP contribution in [0.25, 0.3) is 0 Å². The minimum Gasteiger partial charge on any atom is -0.412 e. The second-order valence-corrected chi connectivity index (χ2v) is 4.00. The molecule has 0 saturated carbocycles. The lowest BCUT2D eigenvalue weighted by atomic mass is 10.3. The van der Waals surface area contributed by atoms with Crippen LogP contribution >= 0.6 is 7.82 Å². The molecule has 7 N–H and O–H groups in total. The van der Waals surface area contributed by atoms with Crippen molar-refractivity contribution in [1.82, 2.24) is 5.32 Å². The van der Waals surface area contributed by atoms with Crippen molar-refractivity contribution in [3.05, 3.63) is 0 Å². The van der Waals surface area contributed by atoms with E-state index >= 15 is 0 Å². The summed E-state index contributed by atoms with van der Waals surface area (Å²) in [6.45, 7) is 6.86. The zero-order valence-electron chi connectivity index (χ0n) is 10.9. The molecule has 0 aliphatic rings. The molecular formula is C9H28NO6P. The van der Waals surface area contributed by atoms with Crippen molar-refractivity contribution in [2.75, 3.05) is 20.2 Å². The standard InChI is InChI=1S/C8H19N.CH4O.H3O4P.H2O/c1-3-5-7-9-8-6-4-2;1-2;1-5(2,3)4;/h9H,3-8H2,1-2H3;2H,1H3;(H3,1,2,3,4);1H2. The summed E-state index contributed by atoms with van der Waals surface area (Å²) in [5, 5.41) is 10.4. The lowest BCUT2D eigenvalue weighted by Gasteiger charge is -1.99. The Morgan fingerprint density at radius 3 is 1.35 bits per heavy atom. The predicted octanol–water partition coefficient (Wildman–Crippen LogP) is 0.0314. The van der Waals surface area contributed by atoms with Gasteiger partial charge in [-0.25, -0.2) is 4.57 Å². The van der Waals surface area contributed by atoms with Gasteiger partial charge in [-0.05, 0) is 25.9 Å². The Balaban J connectivity index is -0.0000000910. The fourth-order valence-corrected chi connectivity index (χ4v) is 0.729. The van der Waals surface area contributed by atoms with E-state index < -0.39 is 7.82 Å². The van der Waals surface area contributed by atoms with Gasteiger partial charge in [0.2, 0.25) is 0 Å². The average molecular weight is 277 g/mol. The maximum atomic E-state index is 8.88. The van der Waals surface area contributed by atoms with Gasteiger partial charge in [0.05, 0.1) is 0 Å². The van der Waals surface area contributed by atoms with E-state index in [1.165, 1.54) is 38.8 Å². The third kappa shape index (κ3) is 87.2. The number of unbranched alkanes of at least 4 members (excludes halogenated alkanes) is 2. The maximum Gasteiger partial charge on any atom is 0.466 e. The molecule has 0 fully saturated rings. The summed E-state index contributed by atoms with van der Waals surface area (Å²) < 4.78 is 8.88. The Labute approximate surface area is 103 Å². The van der Waals surface area contributed by atoms with Gasteiger partial charge in [0.1, 0.15) is 0 Å². The van der Waals surface area contributed by atoms with Gasteiger partial charge in [-0.2, -0.15) is 0 Å². The molecule has 0 aromatic carbocycles. The molecule has 0 aromatic rings. The molecule has 0 aliphatic carbocycles. The van der Waals surface area contributed by atoms with Crippen LogP contribution in [0.4, 0.5) is 0 Å². The van der Waals surface area contributed by atoms with E-state index in [-0.39, 0.29) is 5.48 Å². The van der Waals surface area contributed by atoms with E-state index in [1.54, 1.807) is 0 Å². The van der Waals surface area contributed by atoms with Crippen molar-refractivity contribution in [3.63, 3.8) is 0 Å². The molecule has 0 aliphatic heterocycles. The van der Waals surface area contributed by atoms with Crippen LogP contribution in [0.2, 0.25) is 0 Å². The van der Waals surface area contributed by atoms with Crippen molar-refractivity contribution in [2.45, 2.75) is 39.5 Å². The third-order valence-corrected chi connectivity index (χ3v) is 1.41. The first-order chi connectivity index (χ1) is 7.41. The van der Waals surface area contributed by atoms with Crippen LogP contribution < -0.4 is 5.32 Å². The summed E-state index contributed by atoms with van der Waals surface area (Å²) in [5.41, 5.74) is 0. The van der Waals surface area contributed by atoms with E-state index in [4.69, 9.17) is 24.4 Å². The van der Waals surface area contributed by atoms with E-state index in [0.29, 0.717) is 0 Å². The van der Waals surface area contributed by atoms with Crippen LogP contribution in [-0.2, 0) is 4.57 Å². The molecule has 0 heterocycles. The SMILES string of the molecule is CCCCNCCCC.CO.O.O=P(O)(O)O. The van der Waals surface area contributed by atoms with Crippen molar-refractivity contribution < 1.29 is 29.8 Å². The molecule has 0 bridgehead atoms. The Kier molecular flexibility index (Phi) is 32.2. The second-order valence-electron chi connectivity index (χ2n) is 2.97. The molecule has 0 spiro atoms. The highest BCUT2D eigenvalue weighted by atomic mass is 31.2. The van der Waals surface area contributed by atoms with E-state index in [0.717, 1.165) is 7.11 Å². The first-order valence-corrected chi connectivity index (χ1v) is 6.92. The molecule has 0 aromatic heterocycles. The van der Waals surface area contributed by atoms with Crippen molar-refractivity contribution in [2.24, 2.45) is 0 Å². The zero-order chi connectivity index (χ0) is 13.4. The fraction of sp³-hybridized carbons (Fsp3) is 1.00. The molecule has 7 nitrogen and oxygen atoms in total. The minimum atomic E-state index is -4.64.